The van der Waals surface area contributed by atoms with Gasteiger partial charge in [-0.15, -0.1) is 0 Å². The highest BCUT2D eigenvalue weighted by molar-refractivity contribution is 5.97. The second-order valence-corrected chi connectivity index (χ2v) is 8.59. The Morgan fingerprint density at radius 1 is 0.909 bits per heavy atom. The van der Waals surface area contributed by atoms with Crippen LogP contribution < -0.4 is 0 Å². The van der Waals surface area contributed by atoms with Gasteiger partial charge in [-0.05, 0) is 42.9 Å². The third-order valence-corrected chi connectivity index (χ3v) is 9.44. The minimum Gasteiger partial charge on any atom is -0.469 e. The summed E-state index contributed by atoms with van der Waals surface area (Å²) < 4.78 is 17.1. The topological polar surface area (TPSA) is 65.1 Å². The van der Waals surface area contributed by atoms with Crippen LogP contribution in [0.15, 0.2) is 0 Å². The van der Waals surface area contributed by atoms with Gasteiger partial charge in [-0.2, -0.15) is 0 Å². The highest BCUT2D eigenvalue weighted by Crippen LogP contribution is 3.05. The molecule has 10 unspecified atom stereocenters. The van der Waals surface area contributed by atoms with Crippen LogP contribution in [0.25, 0.3) is 0 Å². The van der Waals surface area contributed by atoms with Crippen LogP contribution in [-0.2, 0) is 23.8 Å². The van der Waals surface area contributed by atoms with Crippen molar-refractivity contribution in [1.29, 1.82) is 0 Å². The minimum atomic E-state index is -0.635. The van der Waals surface area contributed by atoms with Gasteiger partial charge >= 0.3 is 11.9 Å². The van der Waals surface area contributed by atoms with Crippen molar-refractivity contribution >= 4 is 11.9 Å². The highest BCUT2D eigenvalue weighted by atomic mass is 16.6. The molecule has 2 spiro atoms. The molecule has 1 aliphatic heterocycles. The second-order valence-electron chi connectivity index (χ2n) is 8.59. The SMILES string of the molecule is COC(=O)C12C3C4CCC5C3C1(C(=O)OC)C1CC2C42OC512. The molecule has 8 fully saturated rings. The van der Waals surface area contributed by atoms with Crippen LogP contribution in [0.1, 0.15) is 19.3 Å². The Bertz CT molecular complexity index is 660. The van der Waals surface area contributed by atoms with Gasteiger partial charge in [0.25, 0.3) is 0 Å². The Kier molecular flexibility index (Phi) is 1.32. The maximum Gasteiger partial charge on any atom is 0.313 e. The lowest BCUT2D eigenvalue weighted by atomic mass is 9.36. The zero-order valence-electron chi connectivity index (χ0n) is 12.6. The predicted molar refractivity (Wildman–Crippen MR) is 70.2 cm³/mol. The van der Waals surface area contributed by atoms with Crippen molar-refractivity contribution in [2.24, 2.45) is 46.3 Å². The third-order valence-electron chi connectivity index (χ3n) is 9.44. The largest absolute Gasteiger partial charge is 0.469 e. The number of carbonyl (C=O) groups is 2. The number of carbonyl (C=O) groups excluding carboxylic acids is 2. The lowest BCUT2D eigenvalue weighted by Crippen LogP contribution is -2.72. The van der Waals surface area contributed by atoms with Crippen molar-refractivity contribution in [2.75, 3.05) is 14.2 Å². The number of rotatable bonds is 2. The number of hydrogen-bond acceptors (Lipinski definition) is 5. The van der Waals surface area contributed by atoms with Crippen molar-refractivity contribution in [3.05, 3.63) is 0 Å². The van der Waals surface area contributed by atoms with Crippen LogP contribution in [-0.4, -0.2) is 37.4 Å². The Labute approximate surface area is 127 Å². The molecule has 10 atom stereocenters. The van der Waals surface area contributed by atoms with Gasteiger partial charge in [-0.25, -0.2) is 0 Å². The molecule has 0 amide bonds. The van der Waals surface area contributed by atoms with E-state index < -0.39 is 10.8 Å². The number of hydrogen-bond donors (Lipinski definition) is 0. The molecule has 0 N–H and O–H groups in total. The molecular formula is C17H18O5. The van der Waals surface area contributed by atoms with Gasteiger partial charge in [0.2, 0.25) is 0 Å². The average molecular weight is 302 g/mol. The summed E-state index contributed by atoms with van der Waals surface area (Å²) in [6.45, 7) is 0. The molecule has 0 aromatic rings. The fourth-order valence-corrected chi connectivity index (χ4v) is 9.93. The Hall–Kier alpha value is -1.10. The maximum absolute atomic E-state index is 13.0. The van der Waals surface area contributed by atoms with Crippen LogP contribution >= 0.6 is 0 Å². The lowest BCUT2D eigenvalue weighted by molar-refractivity contribution is -0.240. The average Bonchev–Trinajstić information content (AvgIpc) is 2.96. The van der Waals surface area contributed by atoms with E-state index in [9.17, 15) is 9.59 Å². The van der Waals surface area contributed by atoms with Gasteiger partial charge in [0.15, 0.2) is 0 Å². The van der Waals surface area contributed by atoms with E-state index in [4.69, 9.17) is 14.2 Å². The summed E-state index contributed by atoms with van der Waals surface area (Å²) in [4.78, 5) is 25.9. The summed E-state index contributed by atoms with van der Waals surface area (Å²) in [5.74, 6) is 1.58. The first-order valence-electron chi connectivity index (χ1n) is 8.48. The molecule has 4 bridgehead atoms. The Morgan fingerprint density at radius 2 is 1.36 bits per heavy atom. The zero-order valence-corrected chi connectivity index (χ0v) is 12.6. The molecule has 0 radical (unpaired) electrons. The van der Waals surface area contributed by atoms with Crippen molar-refractivity contribution in [3.63, 3.8) is 0 Å². The van der Waals surface area contributed by atoms with Gasteiger partial charge < -0.3 is 14.2 Å². The fraction of sp³-hybridized carbons (Fsp3) is 0.882. The first-order chi connectivity index (χ1) is 10.6. The first-order valence-corrected chi connectivity index (χ1v) is 8.48. The van der Waals surface area contributed by atoms with E-state index in [0.717, 1.165) is 19.3 Å². The summed E-state index contributed by atoms with van der Waals surface area (Å²) >= 11 is 0. The lowest BCUT2D eigenvalue weighted by Gasteiger charge is -2.64. The minimum absolute atomic E-state index is 0.0794. The molecule has 1 heterocycles. The number of ether oxygens (including phenoxy) is 3. The van der Waals surface area contributed by atoms with Gasteiger partial charge in [0.1, 0.15) is 11.2 Å². The quantitative estimate of drug-likeness (QED) is 0.556. The molecule has 7 saturated carbocycles. The van der Waals surface area contributed by atoms with Crippen LogP contribution in [0, 0.1) is 46.3 Å². The smallest absolute Gasteiger partial charge is 0.313 e. The molecule has 7 aliphatic carbocycles. The zero-order chi connectivity index (χ0) is 14.9. The normalized spacial score (nSPS) is 71.5. The van der Waals surface area contributed by atoms with Crippen molar-refractivity contribution in [2.45, 2.75) is 30.5 Å². The second kappa shape index (κ2) is 2.54. The number of epoxide rings is 1. The summed E-state index contributed by atoms with van der Waals surface area (Å²) in [6.07, 6.45) is 3.28. The van der Waals surface area contributed by atoms with Crippen LogP contribution in [0.2, 0.25) is 0 Å². The number of methoxy groups -OCH3 is 2. The molecule has 8 aliphatic rings. The van der Waals surface area contributed by atoms with Crippen molar-refractivity contribution in [3.8, 4) is 0 Å². The highest BCUT2D eigenvalue weighted by Gasteiger charge is 3.14. The van der Waals surface area contributed by atoms with E-state index in [-0.39, 0.29) is 35.0 Å². The molecule has 0 aromatic heterocycles. The van der Waals surface area contributed by atoms with Crippen LogP contribution in [0.4, 0.5) is 0 Å². The summed E-state index contributed by atoms with van der Waals surface area (Å²) in [5, 5.41) is 0. The first kappa shape index (κ1) is 11.4. The van der Waals surface area contributed by atoms with E-state index in [1.807, 2.05) is 0 Å². The molecular weight excluding hydrogens is 284 g/mol. The van der Waals surface area contributed by atoms with E-state index >= 15 is 0 Å². The Balaban J connectivity index is 1.61. The monoisotopic (exact) mass is 302 g/mol. The standard InChI is InChI=1S/C17H18O5/c1-20-12(18)14-8-5-9-15(14,13(19)21-2)11-7-4-3-6(10(11)14)16(8)17(7,9)22-16/h6-11H,3-5H2,1-2H3. The van der Waals surface area contributed by atoms with Crippen molar-refractivity contribution < 1.29 is 23.8 Å². The summed E-state index contributed by atoms with van der Waals surface area (Å²) in [7, 11) is 2.93. The Morgan fingerprint density at radius 3 is 1.77 bits per heavy atom. The van der Waals surface area contributed by atoms with E-state index in [1.165, 1.54) is 14.2 Å². The predicted octanol–water partition coefficient (Wildman–Crippen LogP) is 0.762. The van der Waals surface area contributed by atoms with Gasteiger partial charge in [-0.3, -0.25) is 9.59 Å². The molecule has 8 rings (SSSR count). The molecule has 1 saturated heterocycles. The number of fused-ring (bicyclic) bond motifs is 1. The molecule has 0 aromatic carbocycles. The number of esters is 2. The summed E-state index contributed by atoms with van der Waals surface area (Å²) in [6, 6.07) is 0. The van der Waals surface area contributed by atoms with Crippen molar-refractivity contribution in [1.82, 2.24) is 0 Å². The van der Waals surface area contributed by atoms with Gasteiger partial charge in [0, 0.05) is 11.8 Å². The van der Waals surface area contributed by atoms with E-state index in [1.54, 1.807) is 0 Å². The fourth-order valence-electron chi connectivity index (χ4n) is 9.93. The summed E-state index contributed by atoms with van der Waals surface area (Å²) in [5.41, 5.74) is -1.43. The van der Waals surface area contributed by atoms with Crippen LogP contribution in [0.5, 0.6) is 0 Å². The molecule has 5 heteroatoms. The third kappa shape index (κ3) is 0.540. The molecule has 116 valence electrons. The van der Waals surface area contributed by atoms with Crippen LogP contribution in [0.3, 0.4) is 0 Å². The van der Waals surface area contributed by atoms with E-state index in [2.05, 4.69) is 0 Å². The van der Waals surface area contributed by atoms with E-state index in [0.29, 0.717) is 23.7 Å². The molecule has 22 heavy (non-hydrogen) atoms. The van der Waals surface area contributed by atoms with Gasteiger partial charge in [0.05, 0.1) is 25.0 Å². The maximum atomic E-state index is 13.0. The van der Waals surface area contributed by atoms with Gasteiger partial charge in [-0.1, -0.05) is 0 Å². The molecule has 5 nitrogen and oxygen atoms in total.